The van der Waals surface area contributed by atoms with Crippen LogP contribution in [0.4, 0.5) is 0 Å². The molecule has 0 radical (unpaired) electrons. The molecule has 0 aliphatic heterocycles. The summed E-state index contributed by atoms with van der Waals surface area (Å²) in [6.07, 6.45) is 10.8. The lowest BCUT2D eigenvalue weighted by atomic mass is 10.0. The molecule has 0 unspecified atom stereocenters. The summed E-state index contributed by atoms with van der Waals surface area (Å²) in [6.45, 7) is 10.7. The minimum atomic E-state index is 0.659. The van der Waals surface area contributed by atoms with E-state index in [1.807, 2.05) is 38.2 Å². The van der Waals surface area contributed by atoms with Crippen molar-refractivity contribution in [3.63, 3.8) is 0 Å². The first kappa shape index (κ1) is 28.3. The van der Waals surface area contributed by atoms with Crippen molar-refractivity contribution in [1.29, 1.82) is 0 Å². The number of hydrogen-bond donors (Lipinski definition) is 0. The Morgan fingerprint density at radius 3 is 2.18 bits per heavy atom. The Labute approximate surface area is 257 Å². The van der Waals surface area contributed by atoms with Crippen LogP contribution in [0.15, 0.2) is 153 Å². The predicted molar refractivity (Wildman–Crippen MR) is 186 cm³/mol. The van der Waals surface area contributed by atoms with Gasteiger partial charge >= 0.3 is 0 Å². The minimum absolute atomic E-state index is 0.659. The van der Waals surface area contributed by atoms with Crippen LogP contribution in [0, 0.1) is 0 Å². The van der Waals surface area contributed by atoms with Crippen molar-refractivity contribution >= 4 is 43.5 Å². The van der Waals surface area contributed by atoms with E-state index in [1.54, 1.807) is 24.5 Å². The average molecular weight is 572 g/mol. The van der Waals surface area contributed by atoms with Gasteiger partial charge in [0.25, 0.3) is 0 Å². The summed E-state index contributed by atoms with van der Waals surface area (Å²) in [7, 11) is 0. The Bertz CT molecular complexity index is 2220. The van der Waals surface area contributed by atoms with Crippen molar-refractivity contribution in [2.45, 2.75) is 13.8 Å². The molecular weight excluding hydrogens is 538 g/mol. The summed E-state index contributed by atoms with van der Waals surface area (Å²) in [6, 6.07) is 36.2. The van der Waals surface area contributed by atoms with Gasteiger partial charge in [0.1, 0.15) is 5.82 Å². The lowest BCUT2D eigenvalue weighted by Crippen LogP contribution is -2.00. The maximum absolute atomic E-state index is 4.96. The molecular formula is C39H33N5. The van der Waals surface area contributed by atoms with Gasteiger partial charge in [0, 0.05) is 52.2 Å². The van der Waals surface area contributed by atoms with Crippen molar-refractivity contribution in [2.24, 2.45) is 0 Å². The molecule has 8 rings (SSSR count). The second-order valence-electron chi connectivity index (χ2n) is 9.91. The van der Waals surface area contributed by atoms with E-state index < -0.39 is 0 Å². The highest BCUT2D eigenvalue weighted by Gasteiger charge is 2.16. The van der Waals surface area contributed by atoms with Crippen LogP contribution < -0.4 is 0 Å². The fraction of sp³-hybridized carbons (Fsp3) is 0.0513. The highest BCUT2D eigenvalue weighted by atomic mass is 15.1. The Balaban J connectivity index is 0.000000532. The van der Waals surface area contributed by atoms with Gasteiger partial charge in [-0.2, -0.15) is 0 Å². The van der Waals surface area contributed by atoms with Crippen LogP contribution in [-0.2, 0) is 0 Å². The quantitative estimate of drug-likeness (QED) is 0.198. The second-order valence-corrected chi connectivity index (χ2v) is 9.91. The van der Waals surface area contributed by atoms with Crippen molar-refractivity contribution in [1.82, 2.24) is 24.1 Å². The van der Waals surface area contributed by atoms with E-state index in [9.17, 15) is 0 Å². The van der Waals surface area contributed by atoms with Crippen molar-refractivity contribution < 1.29 is 0 Å². The number of pyridine rings is 1. The van der Waals surface area contributed by atoms with Gasteiger partial charge in [-0.15, -0.1) is 0 Å². The molecule has 4 aromatic heterocycles. The summed E-state index contributed by atoms with van der Waals surface area (Å²) in [5.41, 5.74) is 5.49. The van der Waals surface area contributed by atoms with E-state index in [-0.39, 0.29) is 0 Å². The van der Waals surface area contributed by atoms with E-state index in [4.69, 9.17) is 4.98 Å². The molecule has 0 saturated carbocycles. The van der Waals surface area contributed by atoms with Crippen LogP contribution in [-0.4, -0.2) is 24.1 Å². The maximum Gasteiger partial charge on any atom is 0.163 e. The lowest BCUT2D eigenvalue weighted by Gasteiger charge is -2.10. The molecule has 0 bridgehead atoms. The monoisotopic (exact) mass is 571 g/mol. The van der Waals surface area contributed by atoms with Crippen LogP contribution >= 0.6 is 0 Å². The Morgan fingerprint density at radius 1 is 0.636 bits per heavy atom. The second kappa shape index (κ2) is 12.6. The number of hydrogen-bond acceptors (Lipinski definition) is 3. The van der Waals surface area contributed by atoms with E-state index in [0.717, 1.165) is 28.1 Å². The lowest BCUT2D eigenvalue weighted by molar-refractivity contribution is 1.04. The molecule has 0 amide bonds. The van der Waals surface area contributed by atoms with Crippen LogP contribution in [0.5, 0.6) is 0 Å². The Hall–Kier alpha value is -5.81. The van der Waals surface area contributed by atoms with Gasteiger partial charge in [0.2, 0.25) is 0 Å². The molecule has 5 nitrogen and oxygen atoms in total. The molecule has 5 heteroatoms. The normalized spacial score (nSPS) is 10.7. The standard InChI is InChI=1S/C33H21N5.C4H6.C2H6/c1-2-8-24(9-3-1)37-18-15-26-27-20-28-25-10-4-5-11-30(25)38(31(28)19-22(27)12-13-29(26)37)32-14-17-35-33(36-32)23-7-6-16-34-21-23;1-3-4-2;1-2/h1-21H;3-4H,1-2H2;1-2H3. The zero-order valence-corrected chi connectivity index (χ0v) is 24.9. The van der Waals surface area contributed by atoms with E-state index in [2.05, 4.69) is 123 Å². The zero-order valence-electron chi connectivity index (χ0n) is 24.9. The summed E-state index contributed by atoms with van der Waals surface area (Å²) in [5.74, 6) is 1.49. The molecule has 0 atom stereocenters. The Morgan fingerprint density at radius 2 is 1.41 bits per heavy atom. The van der Waals surface area contributed by atoms with Gasteiger partial charge < -0.3 is 4.57 Å². The number of para-hydroxylation sites is 2. The minimum Gasteiger partial charge on any atom is -0.317 e. The molecule has 4 aromatic carbocycles. The van der Waals surface area contributed by atoms with E-state index >= 15 is 0 Å². The highest BCUT2D eigenvalue weighted by Crippen LogP contribution is 2.37. The largest absolute Gasteiger partial charge is 0.317 e. The van der Waals surface area contributed by atoms with E-state index in [1.165, 1.54) is 32.4 Å². The van der Waals surface area contributed by atoms with Crippen molar-refractivity contribution in [2.75, 3.05) is 0 Å². The maximum atomic E-state index is 4.96. The van der Waals surface area contributed by atoms with Crippen LogP contribution in [0.1, 0.15) is 13.8 Å². The third-order valence-electron chi connectivity index (χ3n) is 7.47. The van der Waals surface area contributed by atoms with Gasteiger partial charge in [0.05, 0.1) is 16.6 Å². The molecule has 0 aliphatic carbocycles. The number of allylic oxidation sites excluding steroid dienone is 2. The summed E-state index contributed by atoms with van der Waals surface area (Å²) >= 11 is 0. The number of aromatic nitrogens is 5. The predicted octanol–water partition coefficient (Wildman–Crippen LogP) is 10.1. The van der Waals surface area contributed by atoms with Crippen molar-refractivity contribution in [3.8, 4) is 22.9 Å². The molecule has 4 heterocycles. The molecule has 214 valence electrons. The SMILES string of the molecule is C=CC=C.CC.c1ccc(-n2ccc3c4cc5c6ccccc6n(-c6ccnc(-c7cccnc7)n6)c5cc4ccc32)cc1. The zero-order chi connectivity index (χ0) is 30.5. The van der Waals surface area contributed by atoms with Crippen molar-refractivity contribution in [3.05, 3.63) is 153 Å². The topological polar surface area (TPSA) is 48.5 Å². The third kappa shape index (κ3) is 5.05. The number of benzene rings is 4. The third-order valence-corrected chi connectivity index (χ3v) is 7.47. The van der Waals surface area contributed by atoms with Gasteiger partial charge in [-0.25, -0.2) is 9.97 Å². The summed E-state index contributed by atoms with van der Waals surface area (Å²) < 4.78 is 4.49. The average Bonchev–Trinajstić information content (AvgIpc) is 3.69. The highest BCUT2D eigenvalue weighted by molar-refractivity contribution is 6.18. The van der Waals surface area contributed by atoms with Gasteiger partial charge in [0.15, 0.2) is 5.82 Å². The molecule has 0 fully saturated rings. The summed E-state index contributed by atoms with van der Waals surface area (Å²) in [5, 5.41) is 6.08. The van der Waals surface area contributed by atoms with E-state index in [0.29, 0.717) is 5.82 Å². The number of fused-ring (bicyclic) bond motifs is 6. The molecule has 0 N–H and O–H groups in total. The first-order chi connectivity index (χ1) is 21.8. The van der Waals surface area contributed by atoms with Gasteiger partial charge in [-0.05, 0) is 71.4 Å². The number of nitrogens with zero attached hydrogens (tertiary/aromatic N) is 5. The van der Waals surface area contributed by atoms with Gasteiger partial charge in [-0.3, -0.25) is 9.55 Å². The fourth-order valence-corrected chi connectivity index (χ4v) is 5.58. The molecule has 0 saturated heterocycles. The molecule has 0 aliphatic rings. The van der Waals surface area contributed by atoms with Gasteiger partial charge in [-0.1, -0.05) is 81.6 Å². The van der Waals surface area contributed by atoms with Crippen LogP contribution in [0.25, 0.3) is 66.4 Å². The van der Waals surface area contributed by atoms with Crippen LogP contribution in [0.3, 0.4) is 0 Å². The molecule has 0 spiro atoms. The molecule has 44 heavy (non-hydrogen) atoms. The first-order valence-corrected chi connectivity index (χ1v) is 14.8. The molecule has 8 aromatic rings. The fourth-order valence-electron chi connectivity index (χ4n) is 5.58. The van der Waals surface area contributed by atoms with Crippen LogP contribution in [0.2, 0.25) is 0 Å². The Kier molecular flexibility index (Phi) is 8.10. The number of rotatable bonds is 4. The first-order valence-electron chi connectivity index (χ1n) is 14.8. The summed E-state index contributed by atoms with van der Waals surface area (Å²) in [4.78, 5) is 13.7. The smallest absolute Gasteiger partial charge is 0.163 e.